The number of carbonyl (C=O) groups is 1. The third-order valence-corrected chi connectivity index (χ3v) is 7.04. The van der Waals surface area contributed by atoms with E-state index >= 15 is 0 Å². The SMILES string of the molecule is Cc1cc(-c2nc3cc(CN[C@@H](CCC(C)C)C(=O)O)ccc3n2C2CCN(C)CC2)c[nH]c1=O. The summed E-state index contributed by atoms with van der Waals surface area (Å²) < 4.78 is 2.33. The summed E-state index contributed by atoms with van der Waals surface area (Å²) >= 11 is 0. The van der Waals surface area contributed by atoms with E-state index < -0.39 is 12.0 Å². The van der Waals surface area contributed by atoms with E-state index in [-0.39, 0.29) is 5.56 Å². The number of likely N-dealkylation sites (tertiary alicyclic amines) is 1. The van der Waals surface area contributed by atoms with Crippen LogP contribution < -0.4 is 10.9 Å². The number of nitrogens with zero attached hydrogens (tertiary/aromatic N) is 3. The molecule has 1 aromatic carbocycles. The molecule has 8 nitrogen and oxygen atoms in total. The van der Waals surface area contributed by atoms with E-state index in [0.29, 0.717) is 30.5 Å². The molecule has 3 heterocycles. The molecular weight excluding hydrogens is 442 g/mol. The molecule has 188 valence electrons. The second kappa shape index (κ2) is 10.7. The fourth-order valence-electron chi connectivity index (χ4n) is 4.86. The number of carboxylic acid groups (broad SMARTS) is 1. The molecule has 3 N–H and O–H groups in total. The number of rotatable bonds is 9. The number of aryl methyl sites for hydroxylation is 1. The van der Waals surface area contributed by atoms with Crippen LogP contribution in [0.25, 0.3) is 22.4 Å². The van der Waals surface area contributed by atoms with Crippen LogP contribution in [0.3, 0.4) is 0 Å². The van der Waals surface area contributed by atoms with Gasteiger partial charge in [-0.15, -0.1) is 0 Å². The Labute approximate surface area is 206 Å². The predicted octanol–water partition coefficient (Wildman–Crippen LogP) is 3.95. The Morgan fingerprint density at radius 3 is 2.63 bits per heavy atom. The van der Waals surface area contributed by atoms with Crippen molar-refractivity contribution in [3.05, 3.63) is 51.9 Å². The molecule has 0 bridgehead atoms. The number of aliphatic carboxylic acids is 1. The molecule has 0 aliphatic carbocycles. The fraction of sp³-hybridized carbons (Fsp3) is 0.519. The Morgan fingerprint density at radius 2 is 1.97 bits per heavy atom. The van der Waals surface area contributed by atoms with Crippen molar-refractivity contribution < 1.29 is 9.90 Å². The Bertz CT molecular complexity index is 1240. The van der Waals surface area contributed by atoms with Crippen molar-refractivity contribution >= 4 is 17.0 Å². The zero-order chi connectivity index (χ0) is 25.1. The Balaban J connectivity index is 1.66. The quantitative estimate of drug-likeness (QED) is 0.429. The smallest absolute Gasteiger partial charge is 0.320 e. The summed E-state index contributed by atoms with van der Waals surface area (Å²) in [6.45, 7) is 8.56. The van der Waals surface area contributed by atoms with Gasteiger partial charge in [0.05, 0.1) is 11.0 Å². The first kappa shape index (κ1) is 25.1. The van der Waals surface area contributed by atoms with Gasteiger partial charge in [0.1, 0.15) is 11.9 Å². The number of benzene rings is 1. The minimum atomic E-state index is -0.811. The number of H-pyrrole nitrogens is 1. The molecule has 1 aliphatic heterocycles. The molecule has 4 rings (SSSR count). The summed E-state index contributed by atoms with van der Waals surface area (Å²) in [6.07, 6.45) is 5.30. The topological polar surface area (TPSA) is 103 Å². The maximum absolute atomic E-state index is 12.0. The van der Waals surface area contributed by atoms with Crippen LogP contribution in [0.1, 0.15) is 56.7 Å². The molecule has 0 saturated carbocycles. The van der Waals surface area contributed by atoms with E-state index in [2.05, 4.69) is 58.9 Å². The lowest BCUT2D eigenvalue weighted by atomic mass is 10.0. The lowest BCUT2D eigenvalue weighted by Gasteiger charge is -2.31. The van der Waals surface area contributed by atoms with Crippen LogP contribution in [0.4, 0.5) is 0 Å². The Hall–Kier alpha value is -2.97. The number of carboxylic acids is 1. The Morgan fingerprint density at radius 1 is 1.23 bits per heavy atom. The second-order valence-corrected chi connectivity index (χ2v) is 10.3. The number of hydrogen-bond acceptors (Lipinski definition) is 5. The second-order valence-electron chi connectivity index (χ2n) is 10.3. The maximum atomic E-state index is 12.0. The van der Waals surface area contributed by atoms with Crippen LogP contribution >= 0.6 is 0 Å². The van der Waals surface area contributed by atoms with Gasteiger partial charge in [0, 0.05) is 29.9 Å². The van der Waals surface area contributed by atoms with E-state index in [1.54, 1.807) is 6.20 Å². The zero-order valence-electron chi connectivity index (χ0n) is 21.2. The highest BCUT2D eigenvalue weighted by atomic mass is 16.4. The highest BCUT2D eigenvalue weighted by Crippen LogP contribution is 2.33. The van der Waals surface area contributed by atoms with E-state index in [0.717, 1.165) is 60.3 Å². The summed E-state index contributed by atoms with van der Waals surface area (Å²) in [7, 11) is 2.15. The van der Waals surface area contributed by atoms with Crippen molar-refractivity contribution in [2.24, 2.45) is 5.92 Å². The van der Waals surface area contributed by atoms with Crippen LogP contribution in [0.15, 0.2) is 35.3 Å². The average molecular weight is 480 g/mol. The average Bonchev–Trinajstić information content (AvgIpc) is 3.19. The van der Waals surface area contributed by atoms with Crippen LogP contribution in [0.2, 0.25) is 0 Å². The summed E-state index contributed by atoms with van der Waals surface area (Å²) in [5.41, 5.74) is 4.43. The third kappa shape index (κ3) is 5.82. The summed E-state index contributed by atoms with van der Waals surface area (Å²) in [5, 5.41) is 12.8. The molecule has 0 amide bonds. The van der Waals surface area contributed by atoms with Gasteiger partial charge >= 0.3 is 5.97 Å². The molecule has 8 heteroatoms. The van der Waals surface area contributed by atoms with Crippen LogP contribution in [0, 0.1) is 12.8 Å². The fourth-order valence-corrected chi connectivity index (χ4v) is 4.86. The first-order valence-corrected chi connectivity index (χ1v) is 12.6. The molecule has 35 heavy (non-hydrogen) atoms. The van der Waals surface area contributed by atoms with Crippen LogP contribution in [-0.4, -0.2) is 56.7 Å². The molecule has 0 spiro atoms. The van der Waals surface area contributed by atoms with Gasteiger partial charge in [0.15, 0.2) is 0 Å². The van der Waals surface area contributed by atoms with E-state index in [4.69, 9.17) is 4.98 Å². The van der Waals surface area contributed by atoms with E-state index in [1.807, 2.05) is 13.0 Å². The third-order valence-electron chi connectivity index (χ3n) is 7.04. The molecule has 2 aromatic heterocycles. The first-order chi connectivity index (χ1) is 16.7. The van der Waals surface area contributed by atoms with E-state index in [1.165, 1.54) is 0 Å². The molecule has 1 aliphatic rings. The van der Waals surface area contributed by atoms with Crippen LogP contribution in [-0.2, 0) is 11.3 Å². The summed E-state index contributed by atoms with van der Waals surface area (Å²) in [4.78, 5) is 33.9. The lowest BCUT2D eigenvalue weighted by molar-refractivity contribution is -0.139. The number of pyridine rings is 1. The highest BCUT2D eigenvalue weighted by molar-refractivity contribution is 5.81. The standard InChI is InChI=1S/C27H37N5O3/c1-17(2)5-7-22(27(34)35)28-15-19-6-8-24-23(14-19)30-25(20-13-18(3)26(33)29-16-20)32(24)21-9-11-31(4)12-10-21/h6,8,13-14,16-17,21-22,28H,5,7,9-12,15H2,1-4H3,(H,29,33)(H,34,35)/t22-/m0/s1. The van der Waals surface area contributed by atoms with Gasteiger partial charge in [0.2, 0.25) is 0 Å². The molecule has 0 unspecified atom stereocenters. The molecule has 0 radical (unpaired) electrons. The van der Waals surface area contributed by atoms with Crippen molar-refractivity contribution in [2.45, 2.75) is 65.1 Å². The van der Waals surface area contributed by atoms with Gasteiger partial charge in [-0.1, -0.05) is 19.9 Å². The van der Waals surface area contributed by atoms with Crippen molar-refractivity contribution in [2.75, 3.05) is 20.1 Å². The molecule has 1 saturated heterocycles. The van der Waals surface area contributed by atoms with Crippen LogP contribution in [0.5, 0.6) is 0 Å². The summed E-state index contributed by atoms with van der Waals surface area (Å²) in [5.74, 6) is 0.516. The number of imidazole rings is 1. The van der Waals surface area contributed by atoms with Crippen molar-refractivity contribution in [1.29, 1.82) is 0 Å². The van der Waals surface area contributed by atoms with Gasteiger partial charge < -0.3 is 24.9 Å². The van der Waals surface area contributed by atoms with Gasteiger partial charge in [0.25, 0.3) is 5.56 Å². The van der Waals surface area contributed by atoms with E-state index in [9.17, 15) is 14.7 Å². The zero-order valence-corrected chi connectivity index (χ0v) is 21.2. The number of piperidine rings is 1. The van der Waals surface area contributed by atoms with Gasteiger partial charge in [-0.2, -0.15) is 0 Å². The summed E-state index contributed by atoms with van der Waals surface area (Å²) in [6, 6.07) is 7.88. The highest BCUT2D eigenvalue weighted by Gasteiger charge is 2.24. The molecule has 3 aromatic rings. The minimum Gasteiger partial charge on any atom is -0.480 e. The lowest BCUT2D eigenvalue weighted by Crippen LogP contribution is -2.36. The van der Waals surface area contributed by atoms with Gasteiger partial charge in [-0.25, -0.2) is 4.98 Å². The van der Waals surface area contributed by atoms with Crippen molar-refractivity contribution in [1.82, 2.24) is 24.8 Å². The van der Waals surface area contributed by atoms with Crippen molar-refractivity contribution in [3.8, 4) is 11.4 Å². The monoisotopic (exact) mass is 479 g/mol. The van der Waals surface area contributed by atoms with Crippen molar-refractivity contribution in [3.63, 3.8) is 0 Å². The first-order valence-electron chi connectivity index (χ1n) is 12.6. The molecular formula is C27H37N5O3. The predicted molar refractivity (Wildman–Crippen MR) is 139 cm³/mol. The normalized spacial score (nSPS) is 16.3. The van der Waals surface area contributed by atoms with Gasteiger partial charge in [-0.3, -0.25) is 9.59 Å². The minimum absolute atomic E-state index is 0.0884. The number of fused-ring (bicyclic) bond motifs is 1. The molecule has 1 fully saturated rings. The largest absolute Gasteiger partial charge is 0.480 e. The number of aromatic amines is 1. The maximum Gasteiger partial charge on any atom is 0.320 e. The van der Waals surface area contributed by atoms with Gasteiger partial charge in [-0.05, 0) is 82.4 Å². The Kier molecular flexibility index (Phi) is 7.72. The molecule has 1 atom stereocenters. The number of hydrogen-bond donors (Lipinski definition) is 3. The number of aromatic nitrogens is 3. The number of nitrogens with one attached hydrogen (secondary N) is 2.